The molecule has 0 amide bonds. The van der Waals surface area contributed by atoms with E-state index < -0.39 is 0 Å². The number of hydrogen-bond acceptors (Lipinski definition) is 4. The maximum atomic E-state index is 9.60. The van der Waals surface area contributed by atoms with Crippen LogP contribution < -0.4 is 10.1 Å². The summed E-state index contributed by atoms with van der Waals surface area (Å²) in [6, 6.07) is 8.22. The number of aliphatic hydroxyl groups excluding tert-OH is 1. The van der Waals surface area contributed by atoms with Gasteiger partial charge in [-0.15, -0.1) is 0 Å². The Labute approximate surface area is 109 Å². The lowest BCUT2D eigenvalue weighted by Gasteiger charge is -2.34. The van der Waals surface area contributed by atoms with E-state index in [1.165, 1.54) is 0 Å². The van der Waals surface area contributed by atoms with Crippen molar-refractivity contribution in [1.82, 2.24) is 10.2 Å². The van der Waals surface area contributed by atoms with E-state index >= 15 is 0 Å². The van der Waals surface area contributed by atoms with Crippen LogP contribution in [0.2, 0.25) is 0 Å². The quantitative estimate of drug-likeness (QED) is 0.799. The minimum absolute atomic E-state index is 0.184. The van der Waals surface area contributed by atoms with Gasteiger partial charge >= 0.3 is 0 Å². The summed E-state index contributed by atoms with van der Waals surface area (Å²) < 4.78 is 5.37. The van der Waals surface area contributed by atoms with Crippen molar-refractivity contribution >= 4 is 0 Å². The molecule has 1 aromatic rings. The van der Waals surface area contributed by atoms with Crippen LogP contribution in [-0.2, 0) is 6.42 Å². The van der Waals surface area contributed by atoms with Gasteiger partial charge in [0.25, 0.3) is 0 Å². The monoisotopic (exact) mass is 250 g/mol. The van der Waals surface area contributed by atoms with Crippen LogP contribution in [0.25, 0.3) is 0 Å². The number of nitrogens with zero attached hydrogens (tertiary/aromatic N) is 1. The first-order valence-electron chi connectivity index (χ1n) is 6.52. The van der Waals surface area contributed by atoms with E-state index in [1.54, 1.807) is 7.11 Å². The number of piperazine rings is 1. The van der Waals surface area contributed by atoms with Crippen molar-refractivity contribution in [2.45, 2.75) is 12.5 Å². The molecule has 1 aliphatic heterocycles. The molecule has 1 aliphatic rings. The second-order valence-electron chi connectivity index (χ2n) is 4.64. The van der Waals surface area contributed by atoms with Gasteiger partial charge in [0.2, 0.25) is 0 Å². The summed E-state index contributed by atoms with van der Waals surface area (Å²) in [7, 11) is 1.69. The Kier molecular flexibility index (Phi) is 4.99. The summed E-state index contributed by atoms with van der Waals surface area (Å²) in [5.41, 5.74) is 1.16. The first kappa shape index (κ1) is 13.3. The molecule has 2 N–H and O–H groups in total. The lowest BCUT2D eigenvalue weighted by atomic mass is 10.0. The SMILES string of the molecule is COc1ccccc1CC(CO)N1CCNCC1. The van der Waals surface area contributed by atoms with E-state index in [9.17, 15) is 5.11 Å². The summed E-state index contributed by atoms with van der Waals surface area (Å²) in [5, 5.41) is 12.9. The van der Waals surface area contributed by atoms with Gasteiger partial charge in [0, 0.05) is 32.2 Å². The normalized spacial score (nSPS) is 18.6. The summed E-state index contributed by atoms with van der Waals surface area (Å²) in [6.07, 6.45) is 0.834. The van der Waals surface area contributed by atoms with Gasteiger partial charge in [-0.05, 0) is 18.1 Å². The molecule has 0 saturated carbocycles. The predicted octanol–water partition coefficient (Wildman–Crippen LogP) is 0.504. The van der Waals surface area contributed by atoms with Gasteiger partial charge in [0.05, 0.1) is 13.7 Å². The minimum atomic E-state index is 0.184. The highest BCUT2D eigenvalue weighted by molar-refractivity contribution is 5.33. The molecule has 0 aliphatic carbocycles. The van der Waals surface area contributed by atoms with Crippen molar-refractivity contribution in [1.29, 1.82) is 0 Å². The van der Waals surface area contributed by atoms with Crippen LogP contribution in [0.4, 0.5) is 0 Å². The Hall–Kier alpha value is -1.10. The number of benzene rings is 1. The Bertz CT molecular complexity index is 365. The van der Waals surface area contributed by atoms with Crippen LogP contribution in [0.1, 0.15) is 5.56 Å². The van der Waals surface area contributed by atoms with E-state index in [-0.39, 0.29) is 12.6 Å². The molecule has 0 radical (unpaired) electrons. The summed E-state index contributed by atoms with van der Waals surface area (Å²) >= 11 is 0. The summed E-state index contributed by atoms with van der Waals surface area (Å²) in [6.45, 7) is 4.20. The first-order chi connectivity index (χ1) is 8.85. The second-order valence-corrected chi connectivity index (χ2v) is 4.64. The molecule has 18 heavy (non-hydrogen) atoms. The van der Waals surface area contributed by atoms with Gasteiger partial charge in [-0.1, -0.05) is 18.2 Å². The first-order valence-corrected chi connectivity index (χ1v) is 6.52. The third-order valence-corrected chi connectivity index (χ3v) is 3.53. The topological polar surface area (TPSA) is 44.7 Å². The number of rotatable bonds is 5. The van der Waals surface area contributed by atoms with Crippen molar-refractivity contribution < 1.29 is 9.84 Å². The largest absolute Gasteiger partial charge is 0.496 e. The second kappa shape index (κ2) is 6.73. The molecule has 4 nitrogen and oxygen atoms in total. The fourth-order valence-corrected chi connectivity index (χ4v) is 2.48. The molecule has 1 heterocycles. The highest BCUT2D eigenvalue weighted by Crippen LogP contribution is 2.20. The predicted molar refractivity (Wildman–Crippen MR) is 72.0 cm³/mol. The van der Waals surface area contributed by atoms with Crippen molar-refractivity contribution in [2.24, 2.45) is 0 Å². The maximum absolute atomic E-state index is 9.60. The van der Waals surface area contributed by atoms with Gasteiger partial charge in [0.15, 0.2) is 0 Å². The number of ether oxygens (including phenoxy) is 1. The number of nitrogens with one attached hydrogen (secondary N) is 1. The number of para-hydroxylation sites is 1. The lowest BCUT2D eigenvalue weighted by molar-refractivity contribution is 0.110. The molecule has 100 valence electrons. The molecule has 0 aromatic heterocycles. The van der Waals surface area contributed by atoms with Gasteiger partial charge in [-0.25, -0.2) is 0 Å². The lowest BCUT2D eigenvalue weighted by Crippen LogP contribution is -2.50. The molecule has 1 saturated heterocycles. The minimum Gasteiger partial charge on any atom is -0.496 e. The fraction of sp³-hybridized carbons (Fsp3) is 0.571. The molecule has 1 atom stereocenters. The Morgan fingerprint density at radius 2 is 2.06 bits per heavy atom. The van der Waals surface area contributed by atoms with Gasteiger partial charge in [-0.2, -0.15) is 0 Å². The van der Waals surface area contributed by atoms with E-state index in [1.807, 2.05) is 18.2 Å². The number of methoxy groups -OCH3 is 1. The zero-order chi connectivity index (χ0) is 12.8. The highest BCUT2D eigenvalue weighted by atomic mass is 16.5. The van der Waals surface area contributed by atoms with Crippen LogP contribution in [0.3, 0.4) is 0 Å². The molecule has 2 rings (SSSR count). The fourth-order valence-electron chi connectivity index (χ4n) is 2.48. The standard InChI is InChI=1S/C14H22N2O2/c1-18-14-5-3-2-4-12(14)10-13(11-17)16-8-6-15-7-9-16/h2-5,13,15,17H,6-11H2,1H3. The van der Waals surface area contributed by atoms with Crippen LogP contribution in [0.15, 0.2) is 24.3 Å². The van der Waals surface area contributed by atoms with Gasteiger partial charge in [-0.3, -0.25) is 4.90 Å². The van der Waals surface area contributed by atoms with E-state index in [2.05, 4.69) is 16.3 Å². The number of hydrogen-bond donors (Lipinski definition) is 2. The summed E-state index contributed by atoms with van der Waals surface area (Å²) in [5.74, 6) is 0.908. The molecule has 0 spiro atoms. The Balaban J connectivity index is 2.04. The van der Waals surface area contributed by atoms with Gasteiger partial charge in [0.1, 0.15) is 5.75 Å². The molecule has 4 heteroatoms. The zero-order valence-electron chi connectivity index (χ0n) is 10.9. The van der Waals surface area contributed by atoms with Crippen molar-refractivity contribution in [3.8, 4) is 5.75 Å². The van der Waals surface area contributed by atoms with Crippen LogP contribution in [0.5, 0.6) is 5.75 Å². The zero-order valence-corrected chi connectivity index (χ0v) is 10.9. The van der Waals surface area contributed by atoms with Crippen LogP contribution >= 0.6 is 0 Å². The smallest absolute Gasteiger partial charge is 0.122 e. The molecule has 1 aromatic carbocycles. The molecule has 1 unspecified atom stereocenters. The third-order valence-electron chi connectivity index (χ3n) is 3.53. The number of aliphatic hydroxyl groups is 1. The molecule has 0 bridgehead atoms. The molecular weight excluding hydrogens is 228 g/mol. The van der Waals surface area contributed by atoms with E-state index in [4.69, 9.17) is 4.74 Å². The van der Waals surface area contributed by atoms with Crippen molar-refractivity contribution in [2.75, 3.05) is 39.9 Å². The molecular formula is C14H22N2O2. The van der Waals surface area contributed by atoms with E-state index in [0.717, 1.165) is 43.9 Å². The summed E-state index contributed by atoms with van der Waals surface area (Å²) in [4.78, 5) is 2.35. The van der Waals surface area contributed by atoms with Crippen LogP contribution in [0, 0.1) is 0 Å². The van der Waals surface area contributed by atoms with Crippen LogP contribution in [-0.4, -0.2) is 55.9 Å². The average molecular weight is 250 g/mol. The maximum Gasteiger partial charge on any atom is 0.122 e. The Morgan fingerprint density at radius 1 is 1.33 bits per heavy atom. The Morgan fingerprint density at radius 3 is 2.72 bits per heavy atom. The highest BCUT2D eigenvalue weighted by Gasteiger charge is 2.21. The average Bonchev–Trinajstić information content (AvgIpc) is 2.46. The van der Waals surface area contributed by atoms with Crippen molar-refractivity contribution in [3.05, 3.63) is 29.8 Å². The van der Waals surface area contributed by atoms with Crippen molar-refractivity contribution in [3.63, 3.8) is 0 Å². The third kappa shape index (κ3) is 3.22. The molecule has 1 fully saturated rings. The van der Waals surface area contributed by atoms with Gasteiger partial charge < -0.3 is 15.2 Å². The van der Waals surface area contributed by atoms with E-state index in [0.29, 0.717) is 0 Å².